The molecule has 2 aliphatic rings. The number of carboxylic acids is 1. The van der Waals surface area contributed by atoms with Gasteiger partial charge < -0.3 is 9.84 Å². The van der Waals surface area contributed by atoms with Crippen molar-refractivity contribution in [2.45, 2.75) is 6.54 Å². The molecule has 2 aliphatic heterocycles. The molecule has 0 aliphatic carbocycles. The summed E-state index contributed by atoms with van der Waals surface area (Å²) < 4.78 is 30.2. The van der Waals surface area contributed by atoms with Gasteiger partial charge in [0, 0.05) is 44.2 Å². The Hall–Kier alpha value is -1.64. The van der Waals surface area contributed by atoms with Crippen LogP contribution in [0, 0.1) is 11.3 Å². The molecule has 1 aromatic rings. The summed E-state index contributed by atoms with van der Waals surface area (Å²) in [6, 6.07) is 7.66. The van der Waals surface area contributed by atoms with Crippen molar-refractivity contribution in [2.75, 3.05) is 39.5 Å². The van der Waals surface area contributed by atoms with E-state index in [0.29, 0.717) is 19.6 Å². The molecule has 2 heterocycles. The minimum absolute atomic E-state index is 0.0499. The number of sulfonamides is 1. The third kappa shape index (κ3) is 2.89. The van der Waals surface area contributed by atoms with Gasteiger partial charge in [-0.1, -0.05) is 18.2 Å². The van der Waals surface area contributed by atoms with Crippen molar-refractivity contribution in [2.24, 2.45) is 11.3 Å². The average molecular weight is 354 g/mol. The monoisotopic (exact) mass is 354 g/mol. The molecule has 0 saturated carbocycles. The molecule has 1 aromatic carbocycles. The van der Waals surface area contributed by atoms with Gasteiger partial charge in [0.2, 0.25) is 10.0 Å². The zero-order chi connectivity index (χ0) is 17.5. The van der Waals surface area contributed by atoms with E-state index in [0.717, 1.165) is 17.6 Å². The number of benzene rings is 1. The van der Waals surface area contributed by atoms with E-state index in [9.17, 15) is 18.3 Å². The second kappa shape index (κ2) is 6.02. The van der Waals surface area contributed by atoms with Crippen LogP contribution in [0.15, 0.2) is 24.3 Å². The molecule has 7 nitrogen and oxygen atoms in total. The molecule has 0 bridgehead atoms. The van der Waals surface area contributed by atoms with Crippen molar-refractivity contribution < 1.29 is 23.1 Å². The van der Waals surface area contributed by atoms with Crippen molar-refractivity contribution in [3.8, 4) is 5.75 Å². The Morgan fingerprint density at radius 3 is 2.62 bits per heavy atom. The van der Waals surface area contributed by atoms with Crippen LogP contribution in [0.1, 0.15) is 5.56 Å². The second-order valence-electron chi connectivity index (χ2n) is 6.70. The summed E-state index contributed by atoms with van der Waals surface area (Å²) in [4.78, 5) is 14.0. The zero-order valence-corrected chi connectivity index (χ0v) is 14.6. The van der Waals surface area contributed by atoms with Crippen LogP contribution in [-0.4, -0.2) is 68.2 Å². The van der Waals surface area contributed by atoms with Gasteiger partial charge in [-0.25, -0.2) is 12.7 Å². The lowest BCUT2D eigenvalue weighted by Crippen LogP contribution is -2.41. The smallest absolute Gasteiger partial charge is 0.312 e. The maximum Gasteiger partial charge on any atom is 0.312 e. The van der Waals surface area contributed by atoms with Gasteiger partial charge in [-0.2, -0.15) is 0 Å². The van der Waals surface area contributed by atoms with Gasteiger partial charge >= 0.3 is 5.97 Å². The lowest BCUT2D eigenvalue weighted by molar-refractivity contribution is -0.148. The van der Waals surface area contributed by atoms with Gasteiger partial charge in [0.05, 0.1) is 18.8 Å². The Balaban J connectivity index is 1.80. The van der Waals surface area contributed by atoms with Gasteiger partial charge in [0.1, 0.15) is 5.75 Å². The Kier molecular flexibility index (Phi) is 4.31. The van der Waals surface area contributed by atoms with E-state index in [-0.39, 0.29) is 19.0 Å². The Morgan fingerprint density at radius 2 is 2.04 bits per heavy atom. The lowest BCUT2D eigenvalue weighted by atomic mass is 9.81. The summed E-state index contributed by atoms with van der Waals surface area (Å²) in [6.45, 7) is 1.82. The Bertz CT molecular complexity index is 751. The number of para-hydroxylation sites is 1. The van der Waals surface area contributed by atoms with Crippen molar-refractivity contribution in [3.05, 3.63) is 29.8 Å². The van der Waals surface area contributed by atoms with Crippen molar-refractivity contribution in [1.29, 1.82) is 0 Å². The molecule has 0 amide bonds. The van der Waals surface area contributed by atoms with Gasteiger partial charge in [-0.3, -0.25) is 9.69 Å². The molecule has 0 radical (unpaired) electrons. The summed E-state index contributed by atoms with van der Waals surface area (Å²) in [5, 5.41) is 9.77. The Labute approximate surface area is 141 Å². The summed E-state index contributed by atoms with van der Waals surface area (Å²) >= 11 is 0. The summed E-state index contributed by atoms with van der Waals surface area (Å²) in [7, 11) is -1.76. The largest absolute Gasteiger partial charge is 0.496 e. The van der Waals surface area contributed by atoms with E-state index < -0.39 is 21.4 Å². The number of aliphatic carboxylic acids is 1. The molecule has 1 N–H and O–H groups in total. The normalized spacial score (nSPS) is 28.0. The van der Waals surface area contributed by atoms with E-state index in [1.54, 1.807) is 7.11 Å². The number of hydrogen-bond acceptors (Lipinski definition) is 5. The van der Waals surface area contributed by atoms with Crippen LogP contribution < -0.4 is 4.74 Å². The molecule has 0 spiro atoms. The number of carboxylic acid groups (broad SMARTS) is 1. The summed E-state index contributed by atoms with van der Waals surface area (Å²) in [5.74, 6) is -0.336. The molecule has 0 unspecified atom stereocenters. The predicted octanol–water partition coefficient (Wildman–Crippen LogP) is 0.473. The van der Waals surface area contributed by atoms with Crippen LogP contribution >= 0.6 is 0 Å². The van der Waals surface area contributed by atoms with E-state index in [1.807, 2.05) is 24.3 Å². The highest BCUT2D eigenvalue weighted by atomic mass is 32.2. The van der Waals surface area contributed by atoms with Crippen LogP contribution in [0.4, 0.5) is 0 Å². The van der Waals surface area contributed by atoms with E-state index >= 15 is 0 Å². The van der Waals surface area contributed by atoms with Crippen LogP contribution in [0.3, 0.4) is 0 Å². The maximum atomic E-state index is 11.9. The third-order valence-electron chi connectivity index (χ3n) is 5.13. The number of rotatable bonds is 5. The molecule has 0 aromatic heterocycles. The molecule has 2 atom stereocenters. The summed E-state index contributed by atoms with van der Waals surface area (Å²) in [6.07, 6.45) is 1.14. The predicted molar refractivity (Wildman–Crippen MR) is 88.2 cm³/mol. The standard InChI is InChI=1S/C16H22N2O5S/c1-23-14-6-4-3-5-12(14)7-17-8-13-9-18(24(2,21)22)11-16(13,10-17)15(19)20/h3-6,13H,7-11H2,1-2H3,(H,19,20)/t13-,16-/m1/s1. The van der Waals surface area contributed by atoms with E-state index in [1.165, 1.54) is 4.31 Å². The number of methoxy groups -OCH3 is 1. The molecular weight excluding hydrogens is 332 g/mol. The number of carbonyl (C=O) groups is 1. The summed E-state index contributed by atoms with van der Waals surface area (Å²) in [5.41, 5.74) is -0.0223. The Morgan fingerprint density at radius 1 is 1.33 bits per heavy atom. The van der Waals surface area contributed by atoms with Gasteiger partial charge in [0.25, 0.3) is 0 Å². The number of likely N-dealkylation sites (tertiary alicyclic amines) is 1. The zero-order valence-electron chi connectivity index (χ0n) is 13.8. The lowest BCUT2D eigenvalue weighted by Gasteiger charge is -2.25. The SMILES string of the molecule is COc1ccccc1CN1C[C@@H]2CN(S(C)(=O)=O)C[C@]2(C(=O)O)C1. The van der Waals surface area contributed by atoms with Gasteiger partial charge in [0.15, 0.2) is 0 Å². The highest BCUT2D eigenvalue weighted by Crippen LogP contribution is 2.44. The highest BCUT2D eigenvalue weighted by molar-refractivity contribution is 7.88. The van der Waals surface area contributed by atoms with Crippen molar-refractivity contribution in [3.63, 3.8) is 0 Å². The first-order valence-corrected chi connectivity index (χ1v) is 9.64. The molecule has 2 fully saturated rings. The van der Waals surface area contributed by atoms with Crippen LogP contribution in [0.5, 0.6) is 5.75 Å². The van der Waals surface area contributed by atoms with E-state index in [2.05, 4.69) is 4.90 Å². The highest BCUT2D eigenvalue weighted by Gasteiger charge is 2.59. The first-order chi connectivity index (χ1) is 11.3. The fourth-order valence-corrected chi connectivity index (χ4v) is 4.79. The molecule has 132 valence electrons. The van der Waals surface area contributed by atoms with Gasteiger partial charge in [-0.15, -0.1) is 0 Å². The quantitative estimate of drug-likeness (QED) is 0.827. The van der Waals surface area contributed by atoms with Crippen molar-refractivity contribution in [1.82, 2.24) is 9.21 Å². The minimum atomic E-state index is -3.37. The first-order valence-electron chi connectivity index (χ1n) is 7.79. The third-order valence-corrected chi connectivity index (χ3v) is 6.35. The second-order valence-corrected chi connectivity index (χ2v) is 8.68. The fourth-order valence-electron chi connectivity index (χ4n) is 3.87. The molecular formula is C16H22N2O5S. The number of ether oxygens (including phenoxy) is 1. The fraction of sp³-hybridized carbons (Fsp3) is 0.562. The molecule has 24 heavy (non-hydrogen) atoms. The average Bonchev–Trinajstić information content (AvgIpc) is 3.02. The van der Waals surface area contributed by atoms with Crippen LogP contribution in [0.2, 0.25) is 0 Å². The maximum absolute atomic E-state index is 11.9. The number of hydrogen-bond donors (Lipinski definition) is 1. The minimum Gasteiger partial charge on any atom is -0.496 e. The number of fused-ring (bicyclic) bond motifs is 1. The molecule has 2 saturated heterocycles. The first kappa shape index (κ1) is 17.2. The van der Waals surface area contributed by atoms with Gasteiger partial charge in [-0.05, 0) is 6.07 Å². The van der Waals surface area contributed by atoms with E-state index in [4.69, 9.17) is 4.74 Å². The number of nitrogens with zero attached hydrogens (tertiary/aromatic N) is 2. The molecule has 8 heteroatoms. The van der Waals surface area contributed by atoms with Crippen LogP contribution in [0.25, 0.3) is 0 Å². The van der Waals surface area contributed by atoms with Crippen molar-refractivity contribution >= 4 is 16.0 Å². The van der Waals surface area contributed by atoms with Crippen LogP contribution in [-0.2, 0) is 21.4 Å². The molecule has 3 rings (SSSR count). The topological polar surface area (TPSA) is 87.2 Å².